The zero-order valence-electron chi connectivity index (χ0n) is 10.0. The minimum Gasteiger partial charge on any atom is -0.372 e. The van der Waals surface area contributed by atoms with Gasteiger partial charge in [-0.25, -0.2) is 0 Å². The lowest BCUT2D eigenvalue weighted by Gasteiger charge is -2.20. The van der Waals surface area contributed by atoms with Crippen molar-refractivity contribution in [3.63, 3.8) is 0 Å². The highest BCUT2D eigenvalue weighted by Crippen LogP contribution is 1.95. The molecular formula is C10H20N2O3. The molecule has 1 atom stereocenters. The van der Waals surface area contributed by atoms with Crippen LogP contribution in [0.2, 0.25) is 0 Å². The molecule has 0 radical (unpaired) electrons. The maximum Gasteiger partial charge on any atom is 0.251 e. The van der Waals surface area contributed by atoms with Crippen LogP contribution in [0.3, 0.4) is 0 Å². The van der Waals surface area contributed by atoms with E-state index in [1.54, 1.807) is 14.0 Å². The minimum atomic E-state index is -0.512. The molecule has 5 heteroatoms. The quantitative estimate of drug-likeness (QED) is 0.704. The Bertz CT molecular complexity index is 229. The predicted molar refractivity (Wildman–Crippen MR) is 57.4 cm³/mol. The molecule has 5 nitrogen and oxygen atoms in total. The van der Waals surface area contributed by atoms with Crippen LogP contribution < -0.4 is 5.32 Å². The fraction of sp³-hybridized carbons (Fsp3) is 0.800. The first-order valence-corrected chi connectivity index (χ1v) is 4.95. The van der Waals surface area contributed by atoms with Gasteiger partial charge < -0.3 is 15.0 Å². The normalized spacial score (nSPS) is 12.4. The van der Waals surface area contributed by atoms with E-state index in [1.807, 2.05) is 13.8 Å². The Morgan fingerprint density at radius 2 is 1.87 bits per heavy atom. The van der Waals surface area contributed by atoms with Gasteiger partial charge in [0.25, 0.3) is 5.91 Å². The van der Waals surface area contributed by atoms with E-state index in [9.17, 15) is 9.59 Å². The number of rotatable bonds is 5. The molecule has 1 N–H and O–H groups in total. The molecule has 0 saturated carbocycles. The minimum absolute atomic E-state index is 0.0602. The SMILES string of the molecule is COC(C)C(=O)N(C)CC(=O)NC(C)C. The molecule has 0 aliphatic rings. The van der Waals surface area contributed by atoms with Crippen LogP contribution in [0.15, 0.2) is 0 Å². The maximum atomic E-state index is 11.5. The predicted octanol–water partition coefficient (Wildman–Crippen LogP) is 0.00430. The number of nitrogens with zero attached hydrogens (tertiary/aromatic N) is 1. The number of carbonyl (C=O) groups is 2. The number of methoxy groups -OCH3 is 1. The lowest BCUT2D eigenvalue weighted by molar-refractivity contribution is -0.142. The van der Waals surface area contributed by atoms with Gasteiger partial charge in [-0.15, -0.1) is 0 Å². The summed E-state index contributed by atoms with van der Waals surface area (Å²) in [5, 5.41) is 2.71. The van der Waals surface area contributed by atoms with Crippen molar-refractivity contribution >= 4 is 11.8 Å². The average molecular weight is 216 g/mol. The van der Waals surface area contributed by atoms with Crippen molar-refractivity contribution in [3.8, 4) is 0 Å². The second-order valence-electron chi connectivity index (χ2n) is 3.79. The standard InChI is InChI=1S/C10H20N2O3/c1-7(2)11-9(13)6-12(4)10(14)8(3)15-5/h7-8H,6H2,1-5H3,(H,11,13). The number of ether oxygens (including phenoxy) is 1. The molecule has 0 aromatic heterocycles. The summed E-state index contributed by atoms with van der Waals surface area (Å²) in [6.45, 7) is 5.46. The van der Waals surface area contributed by atoms with Crippen molar-refractivity contribution in [3.05, 3.63) is 0 Å². The molecule has 0 fully saturated rings. The van der Waals surface area contributed by atoms with Gasteiger partial charge in [-0.1, -0.05) is 0 Å². The highest BCUT2D eigenvalue weighted by Gasteiger charge is 2.18. The summed E-state index contributed by atoms with van der Waals surface area (Å²) >= 11 is 0. The zero-order valence-corrected chi connectivity index (χ0v) is 10.0. The van der Waals surface area contributed by atoms with E-state index in [2.05, 4.69) is 5.32 Å². The summed E-state index contributed by atoms with van der Waals surface area (Å²) in [6.07, 6.45) is -0.512. The first-order valence-electron chi connectivity index (χ1n) is 4.95. The lowest BCUT2D eigenvalue weighted by atomic mass is 10.3. The van der Waals surface area contributed by atoms with Gasteiger partial charge in [0.2, 0.25) is 5.91 Å². The third-order valence-electron chi connectivity index (χ3n) is 1.91. The maximum absolute atomic E-state index is 11.5. The molecule has 88 valence electrons. The largest absolute Gasteiger partial charge is 0.372 e. The van der Waals surface area contributed by atoms with Gasteiger partial charge in [0.05, 0.1) is 6.54 Å². The second kappa shape index (κ2) is 6.40. The third-order valence-corrected chi connectivity index (χ3v) is 1.91. The Labute approximate surface area is 90.8 Å². The molecule has 0 rings (SSSR count). The van der Waals surface area contributed by atoms with Gasteiger partial charge in [-0.2, -0.15) is 0 Å². The van der Waals surface area contributed by atoms with E-state index in [-0.39, 0.29) is 24.4 Å². The molecule has 2 amide bonds. The Morgan fingerprint density at radius 3 is 2.27 bits per heavy atom. The Hall–Kier alpha value is -1.10. The van der Waals surface area contributed by atoms with Gasteiger partial charge in [0.1, 0.15) is 6.10 Å². The molecule has 0 aromatic rings. The molecule has 0 aliphatic heterocycles. The third kappa shape index (κ3) is 5.37. The van der Waals surface area contributed by atoms with Gasteiger partial charge >= 0.3 is 0 Å². The molecule has 0 heterocycles. The number of hydrogen-bond donors (Lipinski definition) is 1. The average Bonchev–Trinajstić information content (AvgIpc) is 2.13. The number of amides is 2. The van der Waals surface area contributed by atoms with Crippen LogP contribution in [0.1, 0.15) is 20.8 Å². The van der Waals surface area contributed by atoms with E-state index in [0.29, 0.717) is 0 Å². The van der Waals surface area contributed by atoms with Crippen molar-refractivity contribution in [2.75, 3.05) is 20.7 Å². The summed E-state index contributed by atoms with van der Waals surface area (Å²) in [4.78, 5) is 24.2. The number of carbonyl (C=O) groups excluding carboxylic acids is 2. The Balaban J connectivity index is 4.07. The lowest BCUT2D eigenvalue weighted by Crippen LogP contribution is -2.44. The molecule has 0 aliphatic carbocycles. The van der Waals surface area contributed by atoms with Crippen LogP contribution in [0.5, 0.6) is 0 Å². The first-order chi connectivity index (χ1) is 6.88. The number of hydrogen-bond acceptors (Lipinski definition) is 3. The van der Waals surface area contributed by atoms with Crippen molar-refractivity contribution in [1.82, 2.24) is 10.2 Å². The van der Waals surface area contributed by atoms with E-state index in [1.165, 1.54) is 12.0 Å². The molecule has 1 unspecified atom stereocenters. The van der Waals surface area contributed by atoms with Crippen molar-refractivity contribution in [1.29, 1.82) is 0 Å². The zero-order chi connectivity index (χ0) is 12.0. The summed E-state index contributed by atoms with van der Waals surface area (Å²) < 4.78 is 4.87. The van der Waals surface area contributed by atoms with E-state index < -0.39 is 6.10 Å². The highest BCUT2D eigenvalue weighted by molar-refractivity contribution is 5.86. The molecular weight excluding hydrogens is 196 g/mol. The molecule has 0 aromatic carbocycles. The van der Waals surface area contributed by atoms with Crippen LogP contribution >= 0.6 is 0 Å². The topological polar surface area (TPSA) is 58.6 Å². The fourth-order valence-electron chi connectivity index (χ4n) is 1.07. The fourth-order valence-corrected chi connectivity index (χ4v) is 1.07. The summed E-state index contributed by atoms with van der Waals surface area (Å²) in [5.74, 6) is -0.361. The van der Waals surface area contributed by atoms with Crippen LogP contribution in [0, 0.1) is 0 Å². The Morgan fingerprint density at radius 1 is 1.33 bits per heavy atom. The smallest absolute Gasteiger partial charge is 0.251 e. The van der Waals surface area contributed by atoms with Crippen molar-refractivity contribution in [2.45, 2.75) is 32.9 Å². The van der Waals surface area contributed by atoms with E-state index >= 15 is 0 Å². The van der Waals surface area contributed by atoms with Gasteiger partial charge in [-0.3, -0.25) is 9.59 Å². The summed E-state index contributed by atoms with van der Waals surface area (Å²) in [5.41, 5.74) is 0. The van der Waals surface area contributed by atoms with Crippen LogP contribution in [0.25, 0.3) is 0 Å². The summed E-state index contributed by atoms with van der Waals surface area (Å²) in [7, 11) is 3.04. The van der Waals surface area contributed by atoms with Gasteiger partial charge in [0, 0.05) is 20.2 Å². The number of nitrogens with one attached hydrogen (secondary N) is 1. The molecule has 0 spiro atoms. The van der Waals surface area contributed by atoms with Crippen molar-refractivity contribution in [2.24, 2.45) is 0 Å². The molecule has 0 saturated heterocycles. The van der Waals surface area contributed by atoms with Crippen LogP contribution in [-0.2, 0) is 14.3 Å². The van der Waals surface area contributed by atoms with E-state index in [4.69, 9.17) is 4.74 Å². The van der Waals surface area contributed by atoms with Crippen LogP contribution in [0.4, 0.5) is 0 Å². The first kappa shape index (κ1) is 13.9. The number of likely N-dealkylation sites (N-methyl/N-ethyl adjacent to an activating group) is 1. The second-order valence-corrected chi connectivity index (χ2v) is 3.79. The molecule has 15 heavy (non-hydrogen) atoms. The molecule has 0 bridgehead atoms. The van der Waals surface area contributed by atoms with Crippen molar-refractivity contribution < 1.29 is 14.3 Å². The van der Waals surface area contributed by atoms with Gasteiger partial charge in [-0.05, 0) is 20.8 Å². The monoisotopic (exact) mass is 216 g/mol. The van der Waals surface area contributed by atoms with Crippen LogP contribution in [-0.4, -0.2) is 49.6 Å². The summed E-state index contributed by atoms with van der Waals surface area (Å²) in [6, 6.07) is 0.0841. The highest BCUT2D eigenvalue weighted by atomic mass is 16.5. The van der Waals surface area contributed by atoms with E-state index in [0.717, 1.165) is 0 Å². The van der Waals surface area contributed by atoms with Gasteiger partial charge in [0.15, 0.2) is 0 Å². The Kier molecular flexibility index (Phi) is 5.93.